The highest BCUT2D eigenvalue weighted by molar-refractivity contribution is 5.76. The maximum Gasteiger partial charge on any atom is 0.364 e. The number of carboxylic acid groups (broad SMARTS) is 1. The molecule has 10 unspecified atom stereocenters. The maximum absolute atomic E-state index is 12.1. The summed E-state index contributed by atoms with van der Waals surface area (Å²) in [5, 5.41) is 90.2. The number of nitrogens with two attached hydrogens (primary N) is 1. The molecule has 11 N–H and O–H groups in total. The van der Waals surface area contributed by atoms with Gasteiger partial charge in [-0.25, -0.2) is 4.79 Å². The lowest BCUT2D eigenvalue weighted by atomic mass is 9.93. The first kappa shape index (κ1) is 32.1. The number of likely N-dealkylation sites (N-methyl/N-ethyl adjacent to an activating group) is 1. The molecule has 16 heteroatoms. The van der Waals surface area contributed by atoms with Crippen LogP contribution in [0.4, 0.5) is 0 Å². The smallest absolute Gasteiger partial charge is 0.364 e. The molecule has 0 amide bonds. The van der Waals surface area contributed by atoms with Crippen LogP contribution in [0.15, 0.2) is 0 Å². The van der Waals surface area contributed by atoms with Crippen molar-refractivity contribution < 1.29 is 69.7 Å². The third kappa shape index (κ3) is 7.11. The van der Waals surface area contributed by atoms with E-state index in [0.29, 0.717) is 19.6 Å². The van der Waals surface area contributed by atoms with Crippen LogP contribution in [0.2, 0.25) is 0 Å². The van der Waals surface area contributed by atoms with Crippen molar-refractivity contribution in [2.24, 2.45) is 11.7 Å². The summed E-state index contributed by atoms with van der Waals surface area (Å²) in [4.78, 5) is 13.9. The first-order chi connectivity index (χ1) is 17.4. The molecule has 0 radical (unpaired) electrons. The number of rotatable bonds is 15. The van der Waals surface area contributed by atoms with E-state index in [1.165, 1.54) is 0 Å². The van der Waals surface area contributed by atoms with E-state index in [4.69, 9.17) is 24.7 Å². The number of aliphatic hydroxyl groups excluding tert-OH is 7. The van der Waals surface area contributed by atoms with Crippen molar-refractivity contribution in [1.29, 1.82) is 0 Å². The first-order valence-corrected chi connectivity index (χ1v) is 11.9. The zero-order valence-corrected chi connectivity index (χ0v) is 20.6. The van der Waals surface area contributed by atoms with Crippen LogP contribution in [0.5, 0.6) is 0 Å². The quantitative estimate of drug-likeness (QED) is 0.0861. The lowest BCUT2D eigenvalue weighted by Gasteiger charge is -2.44. The highest BCUT2D eigenvalue weighted by Gasteiger charge is 2.63. The number of aliphatic hydroxyl groups is 8. The van der Waals surface area contributed by atoms with Gasteiger partial charge in [0.25, 0.3) is 5.79 Å². The average molecular weight is 545 g/mol. The molecule has 0 bridgehead atoms. The minimum Gasteiger partial charge on any atom is -0.477 e. The molecular formula is C21H40N2O14. The third-order valence-corrected chi connectivity index (χ3v) is 6.72. The molecule has 218 valence electrons. The molecule has 0 spiro atoms. The molecule has 0 aromatic carbocycles. The predicted octanol–water partition coefficient (Wildman–Crippen LogP) is -5.68. The van der Waals surface area contributed by atoms with Crippen molar-refractivity contribution in [3.05, 3.63) is 0 Å². The van der Waals surface area contributed by atoms with Crippen molar-refractivity contribution >= 4 is 5.97 Å². The monoisotopic (exact) mass is 544 g/mol. The molecular weight excluding hydrogens is 504 g/mol. The van der Waals surface area contributed by atoms with Gasteiger partial charge in [-0.1, -0.05) is 0 Å². The number of carboxylic acids is 1. The number of nitrogens with zero attached hydrogens (tertiary/aromatic N) is 1. The normalized spacial score (nSPS) is 39.3. The van der Waals surface area contributed by atoms with Gasteiger partial charge < -0.3 is 75.5 Å². The number of hydrogen-bond donors (Lipinski definition) is 10. The Bertz CT molecular complexity index is 721. The van der Waals surface area contributed by atoms with Crippen LogP contribution in [-0.2, 0) is 23.7 Å². The summed E-state index contributed by atoms with van der Waals surface area (Å²) in [6, 6.07) is 0. The molecule has 2 aliphatic rings. The van der Waals surface area contributed by atoms with E-state index in [-0.39, 0.29) is 13.0 Å². The van der Waals surface area contributed by atoms with Gasteiger partial charge in [-0.15, -0.1) is 0 Å². The maximum atomic E-state index is 12.1. The Morgan fingerprint density at radius 3 is 2.41 bits per heavy atom. The Labute approximate surface area is 213 Å². The van der Waals surface area contributed by atoms with Gasteiger partial charge in [0, 0.05) is 32.7 Å². The summed E-state index contributed by atoms with van der Waals surface area (Å²) >= 11 is 0. The summed E-state index contributed by atoms with van der Waals surface area (Å²) in [6.07, 6.45) is -12.4. The minimum atomic E-state index is -2.75. The molecule has 16 nitrogen and oxygen atoms in total. The van der Waals surface area contributed by atoms with Crippen LogP contribution in [0.25, 0.3) is 0 Å². The Hall–Kier alpha value is -1.09. The van der Waals surface area contributed by atoms with Crippen LogP contribution in [-0.4, -0.2) is 164 Å². The van der Waals surface area contributed by atoms with Gasteiger partial charge in [0.1, 0.15) is 18.3 Å². The molecule has 1 aliphatic carbocycles. The molecule has 0 aromatic rings. The van der Waals surface area contributed by atoms with Crippen LogP contribution >= 0.6 is 0 Å². The van der Waals surface area contributed by atoms with Gasteiger partial charge in [-0.05, 0) is 13.5 Å². The molecule has 1 saturated carbocycles. The zero-order valence-electron chi connectivity index (χ0n) is 20.6. The fourth-order valence-electron chi connectivity index (χ4n) is 4.65. The summed E-state index contributed by atoms with van der Waals surface area (Å²) in [7, 11) is 1.76. The fraction of sp³-hybridized carbons (Fsp3) is 0.952. The predicted molar refractivity (Wildman–Crippen MR) is 120 cm³/mol. The van der Waals surface area contributed by atoms with Gasteiger partial charge in [0.15, 0.2) is 6.79 Å². The Morgan fingerprint density at radius 1 is 1.16 bits per heavy atom. The van der Waals surface area contributed by atoms with Crippen LogP contribution in [0.1, 0.15) is 12.8 Å². The number of hydrogen-bond acceptors (Lipinski definition) is 15. The fourth-order valence-corrected chi connectivity index (χ4v) is 4.65. The molecule has 0 aromatic heterocycles. The van der Waals surface area contributed by atoms with Crippen molar-refractivity contribution in [2.45, 2.75) is 67.1 Å². The lowest BCUT2D eigenvalue weighted by Crippen LogP contribution is -2.61. The highest BCUT2D eigenvalue weighted by Crippen LogP contribution is 2.40. The van der Waals surface area contributed by atoms with E-state index < -0.39 is 92.6 Å². The van der Waals surface area contributed by atoms with Crippen molar-refractivity contribution in [3.63, 3.8) is 0 Å². The molecule has 2 fully saturated rings. The van der Waals surface area contributed by atoms with Gasteiger partial charge in [0.2, 0.25) is 5.79 Å². The summed E-state index contributed by atoms with van der Waals surface area (Å²) in [5.74, 6) is -8.22. The van der Waals surface area contributed by atoms with E-state index in [1.807, 2.05) is 0 Å². The third-order valence-electron chi connectivity index (χ3n) is 6.72. The van der Waals surface area contributed by atoms with E-state index in [1.54, 1.807) is 11.9 Å². The molecule has 2 rings (SSSR count). The first-order valence-electron chi connectivity index (χ1n) is 11.9. The number of aliphatic carboxylic acids is 1. The summed E-state index contributed by atoms with van der Waals surface area (Å²) in [6.45, 7) is -1.11. The second kappa shape index (κ2) is 13.8. The van der Waals surface area contributed by atoms with Crippen LogP contribution < -0.4 is 5.73 Å². The Morgan fingerprint density at radius 2 is 1.84 bits per heavy atom. The molecule has 1 aliphatic heterocycles. The van der Waals surface area contributed by atoms with Crippen molar-refractivity contribution in [2.75, 3.05) is 53.3 Å². The van der Waals surface area contributed by atoms with E-state index >= 15 is 0 Å². The number of ether oxygens (including phenoxy) is 4. The zero-order chi connectivity index (χ0) is 28.0. The van der Waals surface area contributed by atoms with Gasteiger partial charge in [0.05, 0.1) is 43.5 Å². The topological polar surface area (TPSA) is 265 Å². The lowest BCUT2D eigenvalue weighted by molar-refractivity contribution is -0.348. The van der Waals surface area contributed by atoms with E-state index in [2.05, 4.69) is 0 Å². The summed E-state index contributed by atoms with van der Waals surface area (Å²) in [5.41, 5.74) is 5.48. The van der Waals surface area contributed by atoms with Gasteiger partial charge in [-0.3, -0.25) is 0 Å². The molecule has 37 heavy (non-hydrogen) atoms. The average Bonchev–Trinajstić information content (AvgIpc) is 3.00. The molecule has 1 saturated heterocycles. The van der Waals surface area contributed by atoms with E-state index in [0.717, 1.165) is 0 Å². The second-order valence-electron chi connectivity index (χ2n) is 9.29. The minimum absolute atomic E-state index is 0.0693. The second-order valence-corrected chi connectivity index (χ2v) is 9.29. The number of carbonyl (C=O) groups is 1. The Kier molecular flexibility index (Phi) is 12.0. The Balaban J connectivity index is 2.10. The SMILES string of the molecule is CN(CCN)CCOC1(C(=O)O)CC(O)C(OCOC2(O)C(O)C(O)C(O)C2C(O)CO)C(CCO)O1. The molecule has 10 atom stereocenters. The highest BCUT2D eigenvalue weighted by atomic mass is 16.8. The summed E-state index contributed by atoms with van der Waals surface area (Å²) < 4.78 is 21.8. The van der Waals surface area contributed by atoms with Gasteiger partial charge >= 0.3 is 5.97 Å². The van der Waals surface area contributed by atoms with Crippen LogP contribution in [0, 0.1) is 5.92 Å². The largest absolute Gasteiger partial charge is 0.477 e. The molecule has 1 heterocycles. The van der Waals surface area contributed by atoms with Crippen LogP contribution in [0.3, 0.4) is 0 Å². The van der Waals surface area contributed by atoms with E-state index in [9.17, 15) is 50.8 Å². The van der Waals surface area contributed by atoms with Gasteiger partial charge in [-0.2, -0.15) is 0 Å². The standard InChI is InChI=1S/C21H40N2O14/c1-23(4-3-22)5-7-35-20(19(31)32)8-11(26)17(13(37-20)2-6-24)34-10-36-21(33)14(12(27)9-25)15(28)16(29)18(21)30/h11-18,24-30,33H,2-10,22H2,1H3,(H,31,32). The van der Waals surface area contributed by atoms with Crippen molar-refractivity contribution in [3.8, 4) is 0 Å². The van der Waals surface area contributed by atoms with Crippen molar-refractivity contribution in [1.82, 2.24) is 4.90 Å².